The fourth-order valence-electron chi connectivity index (χ4n) is 2.91. The van der Waals surface area contributed by atoms with Gasteiger partial charge in [-0.1, -0.05) is 60.7 Å². The Morgan fingerprint density at radius 2 is 1.54 bits per heavy atom. The number of rotatable bonds is 11. The number of benzene rings is 2. The first kappa shape index (κ1) is 19.7. The van der Waals surface area contributed by atoms with Crippen LogP contribution in [0.3, 0.4) is 0 Å². The van der Waals surface area contributed by atoms with E-state index in [-0.39, 0.29) is 11.8 Å². The normalized spacial score (nSPS) is 11.8. The maximum Gasteiger partial charge on any atom is 0.236 e. The summed E-state index contributed by atoms with van der Waals surface area (Å²) in [5, 5.41) is 5.60. The molecule has 0 heterocycles. The third kappa shape index (κ3) is 6.33. The van der Waals surface area contributed by atoms with Gasteiger partial charge in [0.15, 0.2) is 0 Å². The summed E-state index contributed by atoms with van der Waals surface area (Å²) < 4.78 is 0. The van der Waals surface area contributed by atoms with Gasteiger partial charge in [-0.15, -0.1) is 0 Å². The van der Waals surface area contributed by atoms with Crippen LogP contribution in [-0.4, -0.2) is 31.4 Å². The standard InChI is InChI=1S/C21H27N3O2/c22-20(13-7-8-14-23-16-25)21(26)24-15-19(17-9-3-1-4-10-17)18-11-5-2-6-12-18/h1-6,9-12,16,19-20H,7-8,13-15,22H2,(H,23,25)(H,24,26). The highest BCUT2D eigenvalue weighted by Crippen LogP contribution is 2.23. The van der Waals surface area contributed by atoms with Crippen LogP contribution in [0.4, 0.5) is 0 Å². The summed E-state index contributed by atoms with van der Waals surface area (Å²) in [5.41, 5.74) is 8.31. The first-order chi connectivity index (χ1) is 12.7. The number of hydrogen-bond donors (Lipinski definition) is 3. The molecule has 138 valence electrons. The summed E-state index contributed by atoms with van der Waals surface area (Å²) in [6.07, 6.45) is 2.90. The third-order valence-electron chi connectivity index (χ3n) is 4.39. The molecule has 5 heteroatoms. The molecule has 0 spiro atoms. The molecule has 26 heavy (non-hydrogen) atoms. The number of carbonyl (C=O) groups excluding carboxylic acids is 2. The Hall–Kier alpha value is -2.66. The fourth-order valence-corrected chi connectivity index (χ4v) is 2.91. The van der Waals surface area contributed by atoms with E-state index in [9.17, 15) is 9.59 Å². The molecule has 0 radical (unpaired) electrons. The lowest BCUT2D eigenvalue weighted by Crippen LogP contribution is -2.42. The topological polar surface area (TPSA) is 84.2 Å². The Labute approximate surface area is 155 Å². The molecule has 0 bridgehead atoms. The number of amides is 2. The maximum absolute atomic E-state index is 12.3. The Balaban J connectivity index is 1.90. The van der Waals surface area contributed by atoms with Crippen molar-refractivity contribution in [3.8, 4) is 0 Å². The first-order valence-corrected chi connectivity index (χ1v) is 9.02. The largest absolute Gasteiger partial charge is 0.359 e. The average Bonchev–Trinajstić information content (AvgIpc) is 2.69. The minimum Gasteiger partial charge on any atom is -0.359 e. The molecular weight excluding hydrogens is 326 g/mol. The zero-order valence-electron chi connectivity index (χ0n) is 14.9. The van der Waals surface area contributed by atoms with E-state index in [0.717, 1.165) is 24.0 Å². The van der Waals surface area contributed by atoms with E-state index in [1.807, 2.05) is 36.4 Å². The molecule has 2 amide bonds. The quantitative estimate of drug-likeness (QED) is 0.428. The molecule has 0 fully saturated rings. The Bertz CT molecular complexity index is 622. The molecule has 0 saturated heterocycles. The average molecular weight is 353 g/mol. The van der Waals surface area contributed by atoms with Crippen molar-refractivity contribution in [1.29, 1.82) is 0 Å². The zero-order chi connectivity index (χ0) is 18.6. The lowest BCUT2D eigenvalue weighted by Gasteiger charge is -2.20. The third-order valence-corrected chi connectivity index (χ3v) is 4.39. The second-order valence-corrected chi connectivity index (χ2v) is 6.29. The molecule has 0 aliphatic rings. The van der Waals surface area contributed by atoms with E-state index < -0.39 is 6.04 Å². The zero-order valence-corrected chi connectivity index (χ0v) is 14.9. The van der Waals surface area contributed by atoms with E-state index in [0.29, 0.717) is 25.9 Å². The Kier molecular flexibility index (Phi) is 8.36. The van der Waals surface area contributed by atoms with Crippen molar-refractivity contribution < 1.29 is 9.59 Å². The van der Waals surface area contributed by atoms with Gasteiger partial charge in [0.05, 0.1) is 6.04 Å². The van der Waals surface area contributed by atoms with Crippen LogP contribution in [0.5, 0.6) is 0 Å². The smallest absolute Gasteiger partial charge is 0.236 e. The lowest BCUT2D eigenvalue weighted by molar-refractivity contribution is -0.122. The highest BCUT2D eigenvalue weighted by atomic mass is 16.2. The molecule has 0 aromatic heterocycles. The molecule has 0 aliphatic heterocycles. The Morgan fingerprint density at radius 1 is 0.962 bits per heavy atom. The number of nitrogens with two attached hydrogens (primary N) is 1. The van der Waals surface area contributed by atoms with Crippen molar-refractivity contribution in [2.24, 2.45) is 5.73 Å². The van der Waals surface area contributed by atoms with Gasteiger partial charge in [0, 0.05) is 19.0 Å². The van der Waals surface area contributed by atoms with Crippen LogP contribution < -0.4 is 16.4 Å². The van der Waals surface area contributed by atoms with Crippen molar-refractivity contribution in [1.82, 2.24) is 10.6 Å². The van der Waals surface area contributed by atoms with Gasteiger partial charge >= 0.3 is 0 Å². The van der Waals surface area contributed by atoms with Crippen LogP contribution in [0.15, 0.2) is 60.7 Å². The summed E-state index contributed by atoms with van der Waals surface area (Å²) in [5.74, 6) is -0.0458. The van der Waals surface area contributed by atoms with Crippen LogP contribution in [0.25, 0.3) is 0 Å². The second-order valence-electron chi connectivity index (χ2n) is 6.29. The molecule has 4 N–H and O–H groups in total. The maximum atomic E-state index is 12.3. The summed E-state index contributed by atoms with van der Waals surface area (Å²) in [6.45, 7) is 1.12. The predicted octanol–water partition coefficient (Wildman–Crippen LogP) is 2.18. The van der Waals surface area contributed by atoms with E-state index in [4.69, 9.17) is 5.73 Å². The van der Waals surface area contributed by atoms with Gasteiger partial charge in [-0.3, -0.25) is 9.59 Å². The summed E-state index contributed by atoms with van der Waals surface area (Å²) >= 11 is 0. The summed E-state index contributed by atoms with van der Waals surface area (Å²) in [4.78, 5) is 22.5. The van der Waals surface area contributed by atoms with Crippen molar-refractivity contribution in [3.05, 3.63) is 71.8 Å². The van der Waals surface area contributed by atoms with Crippen molar-refractivity contribution in [2.45, 2.75) is 31.2 Å². The molecule has 0 saturated carbocycles. The molecule has 5 nitrogen and oxygen atoms in total. The van der Waals surface area contributed by atoms with Crippen LogP contribution in [0, 0.1) is 0 Å². The van der Waals surface area contributed by atoms with Gasteiger partial charge < -0.3 is 16.4 Å². The van der Waals surface area contributed by atoms with E-state index in [2.05, 4.69) is 34.9 Å². The van der Waals surface area contributed by atoms with Gasteiger partial charge in [-0.2, -0.15) is 0 Å². The monoisotopic (exact) mass is 353 g/mol. The molecule has 0 aliphatic carbocycles. The van der Waals surface area contributed by atoms with E-state index in [1.165, 1.54) is 0 Å². The molecule has 2 rings (SSSR count). The molecule has 1 unspecified atom stereocenters. The first-order valence-electron chi connectivity index (χ1n) is 9.02. The van der Waals surface area contributed by atoms with Crippen molar-refractivity contribution in [2.75, 3.05) is 13.1 Å². The summed E-state index contributed by atoms with van der Waals surface area (Å²) in [6, 6.07) is 19.8. The molecule has 2 aromatic carbocycles. The molecule has 1 atom stereocenters. The van der Waals surface area contributed by atoms with Gasteiger partial charge in [-0.25, -0.2) is 0 Å². The van der Waals surface area contributed by atoms with Gasteiger partial charge in [0.25, 0.3) is 0 Å². The highest BCUT2D eigenvalue weighted by molar-refractivity contribution is 5.81. The van der Waals surface area contributed by atoms with Crippen LogP contribution in [0.2, 0.25) is 0 Å². The lowest BCUT2D eigenvalue weighted by atomic mass is 9.91. The number of carbonyl (C=O) groups is 2. The van der Waals surface area contributed by atoms with Crippen LogP contribution in [0.1, 0.15) is 36.3 Å². The molecule has 2 aromatic rings. The number of nitrogens with one attached hydrogen (secondary N) is 2. The van der Waals surface area contributed by atoms with Crippen LogP contribution >= 0.6 is 0 Å². The van der Waals surface area contributed by atoms with Gasteiger partial charge in [0.1, 0.15) is 0 Å². The minimum atomic E-state index is -0.529. The van der Waals surface area contributed by atoms with E-state index >= 15 is 0 Å². The SMILES string of the molecule is NC(CCCCNC=O)C(=O)NCC(c1ccccc1)c1ccccc1. The minimum absolute atomic E-state index is 0.0883. The van der Waals surface area contributed by atoms with Crippen molar-refractivity contribution >= 4 is 12.3 Å². The van der Waals surface area contributed by atoms with E-state index in [1.54, 1.807) is 0 Å². The molecular formula is C21H27N3O2. The van der Waals surface area contributed by atoms with Gasteiger partial charge in [0.2, 0.25) is 12.3 Å². The summed E-state index contributed by atoms with van der Waals surface area (Å²) in [7, 11) is 0. The van der Waals surface area contributed by atoms with Gasteiger partial charge in [-0.05, 0) is 30.4 Å². The fraction of sp³-hybridized carbons (Fsp3) is 0.333. The second kappa shape index (κ2) is 11.1. The predicted molar refractivity (Wildman–Crippen MR) is 104 cm³/mol. The van der Waals surface area contributed by atoms with Crippen LogP contribution in [-0.2, 0) is 9.59 Å². The highest BCUT2D eigenvalue weighted by Gasteiger charge is 2.18. The Morgan fingerprint density at radius 3 is 2.08 bits per heavy atom. The number of hydrogen-bond acceptors (Lipinski definition) is 3. The number of unbranched alkanes of at least 4 members (excludes halogenated alkanes) is 1. The van der Waals surface area contributed by atoms with Crippen molar-refractivity contribution in [3.63, 3.8) is 0 Å².